The van der Waals surface area contributed by atoms with Gasteiger partial charge in [-0.05, 0) is 42.0 Å². The number of nitrogens with zero attached hydrogens (tertiary/aromatic N) is 6. The normalized spacial score (nSPS) is 14.2. The van der Waals surface area contributed by atoms with Crippen molar-refractivity contribution >= 4 is 28.4 Å². The van der Waals surface area contributed by atoms with Gasteiger partial charge in [-0.25, -0.2) is 9.97 Å². The third-order valence-electron chi connectivity index (χ3n) is 6.21. The van der Waals surface area contributed by atoms with Crippen LogP contribution in [0.3, 0.4) is 0 Å². The summed E-state index contributed by atoms with van der Waals surface area (Å²) in [6, 6.07) is 14.2. The lowest BCUT2D eigenvalue weighted by atomic mass is 10.0. The molecule has 1 aromatic carbocycles. The fourth-order valence-corrected chi connectivity index (χ4v) is 4.31. The van der Waals surface area contributed by atoms with Gasteiger partial charge in [-0.15, -0.1) is 0 Å². The molecule has 0 saturated carbocycles. The number of Topliss-reactive ketones (excluding diaryl/α,β-unsaturated/α-hetero) is 1. The maximum Gasteiger partial charge on any atom is 0.433 e. The number of amides is 1. The number of ketones is 1. The average molecular weight is 509 g/mol. The van der Waals surface area contributed by atoms with Gasteiger partial charge in [-0.3, -0.25) is 14.3 Å². The van der Waals surface area contributed by atoms with Crippen LogP contribution in [0.25, 0.3) is 10.9 Å². The van der Waals surface area contributed by atoms with Gasteiger partial charge in [-0.1, -0.05) is 18.2 Å². The quantitative estimate of drug-likeness (QED) is 0.370. The molecule has 0 spiro atoms. The largest absolute Gasteiger partial charge is 0.433 e. The number of anilines is 1. The molecule has 1 saturated heterocycles. The Hall–Kier alpha value is -4.28. The molecular formula is C26H23F3N6O2. The molecule has 1 aliphatic rings. The van der Waals surface area contributed by atoms with Crippen molar-refractivity contribution in [2.24, 2.45) is 0 Å². The minimum Gasteiger partial charge on any atom is -0.353 e. The Morgan fingerprint density at radius 3 is 2.49 bits per heavy atom. The summed E-state index contributed by atoms with van der Waals surface area (Å²) in [5.74, 6) is 0.336. The van der Waals surface area contributed by atoms with Gasteiger partial charge in [0.15, 0.2) is 5.78 Å². The second kappa shape index (κ2) is 10.00. The predicted octanol–water partition coefficient (Wildman–Crippen LogP) is 3.62. The van der Waals surface area contributed by atoms with E-state index in [1.807, 2.05) is 18.2 Å². The summed E-state index contributed by atoms with van der Waals surface area (Å²) in [5.41, 5.74) is -0.0633. The van der Waals surface area contributed by atoms with Crippen molar-refractivity contribution in [3.8, 4) is 0 Å². The number of halogens is 3. The molecule has 1 fully saturated rings. The van der Waals surface area contributed by atoms with Gasteiger partial charge in [0.1, 0.15) is 23.8 Å². The summed E-state index contributed by atoms with van der Waals surface area (Å²) in [6.45, 7) is 2.66. The molecule has 0 atom stereocenters. The van der Waals surface area contributed by atoms with E-state index < -0.39 is 17.7 Å². The van der Waals surface area contributed by atoms with E-state index in [0.717, 1.165) is 17.3 Å². The van der Waals surface area contributed by atoms with Gasteiger partial charge in [0.25, 0.3) is 0 Å². The second-order valence-corrected chi connectivity index (χ2v) is 8.78. The van der Waals surface area contributed by atoms with Crippen molar-refractivity contribution < 1.29 is 22.8 Å². The van der Waals surface area contributed by atoms with Gasteiger partial charge in [0.05, 0.1) is 5.52 Å². The van der Waals surface area contributed by atoms with Crippen LogP contribution in [-0.4, -0.2) is 62.5 Å². The van der Waals surface area contributed by atoms with Gasteiger partial charge in [0.2, 0.25) is 5.91 Å². The van der Waals surface area contributed by atoms with E-state index in [4.69, 9.17) is 0 Å². The molecule has 0 bridgehead atoms. The van der Waals surface area contributed by atoms with Crippen LogP contribution in [-0.2, 0) is 23.9 Å². The van der Waals surface area contributed by atoms with Crippen molar-refractivity contribution in [1.82, 2.24) is 24.6 Å². The van der Waals surface area contributed by atoms with Crippen molar-refractivity contribution in [1.29, 1.82) is 0 Å². The Kier molecular flexibility index (Phi) is 6.60. The van der Waals surface area contributed by atoms with Crippen molar-refractivity contribution in [3.05, 3.63) is 83.9 Å². The molecule has 0 radical (unpaired) electrons. The number of fused-ring (bicyclic) bond motifs is 1. The molecule has 3 aromatic heterocycles. The molecule has 0 N–H and O–H groups in total. The van der Waals surface area contributed by atoms with E-state index in [9.17, 15) is 22.8 Å². The average Bonchev–Trinajstić information content (AvgIpc) is 3.30. The number of aromatic nitrogens is 4. The molecule has 37 heavy (non-hydrogen) atoms. The van der Waals surface area contributed by atoms with E-state index in [1.54, 1.807) is 40.2 Å². The summed E-state index contributed by atoms with van der Waals surface area (Å²) >= 11 is 0. The summed E-state index contributed by atoms with van der Waals surface area (Å²) < 4.78 is 40.3. The lowest BCUT2D eigenvalue weighted by molar-refractivity contribution is -0.141. The van der Waals surface area contributed by atoms with Gasteiger partial charge in [-0.2, -0.15) is 18.3 Å². The molecule has 11 heteroatoms. The molecule has 5 rings (SSSR count). The first-order valence-corrected chi connectivity index (χ1v) is 11.7. The first-order valence-electron chi connectivity index (χ1n) is 11.7. The number of hydrogen-bond acceptors (Lipinski definition) is 6. The Balaban J connectivity index is 1.21. The van der Waals surface area contributed by atoms with E-state index in [1.165, 1.54) is 12.1 Å². The molecule has 4 heterocycles. The van der Waals surface area contributed by atoms with Crippen LogP contribution in [0, 0.1) is 0 Å². The summed E-state index contributed by atoms with van der Waals surface area (Å²) in [5, 5.41) is 5.19. The van der Waals surface area contributed by atoms with Gasteiger partial charge < -0.3 is 9.80 Å². The Morgan fingerprint density at radius 1 is 0.946 bits per heavy atom. The van der Waals surface area contributed by atoms with Crippen LogP contribution in [0.15, 0.2) is 67.0 Å². The third kappa shape index (κ3) is 5.60. The smallest absolute Gasteiger partial charge is 0.353 e. The lowest BCUT2D eigenvalue weighted by Gasteiger charge is -2.35. The first kappa shape index (κ1) is 24.4. The highest BCUT2D eigenvalue weighted by molar-refractivity contribution is 5.96. The van der Waals surface area contributed by atoms with Crippen LogP contribution >= 0.6 is 0 Å². The molecule has 1 amide bonds. The van der Waals surface area contributed by atoms with Crippen LogP contribution in [0.5, 0.6) is 0 Å². The minimum absolute atomic E-state index is 0.0421. The van der Waals surface area contributed by atoms with Crippen LogP contribution in [0.2, 0.25) is 0 Å². The SMILES string of the molecule is O=C(Cc1ccc2nn(CC(=O)N3CCN(c4ccccn4)CC3)cc2c1)c1cccc(C(F)(F)F)n1. The summed E-state index contributed by atoms with van der Waals surface area (Å²) in [7, 11) is 0. The Labute approximate surface area is 210 Å². The fraction of sp³-hybridized carbons (Fsp3) is 0.269. The highest BCUT2D eigenvalue weighted by atomic mass is 19.4. The van der Waals surface area contributed by atoms with Crippen LogP contribution in [0.4, 0.5) is 19.0 Å². The number of alkyl halides is 3. The monoisotopic (exact) mass is 508 g/mol. The van der Waals surface area contributed by atoms with Gasteiger partial charge >= 0.3 is 6.18 Å². The highest BCUT2D eigenvalue weighted by Gasteiger charge is 2.33. The molecule has 1 aliphatic heterocycles. The number of carbonyl (C=O) groups excluding carboxylic acids is 2. The first-order chi connectivity index (χ1) is 17.8. The zero-order chi connectivity index (χ0) is 26.0. The van der Waals surface area contributed by atoms with Crippen molar-refractivity contribution in [2.75, 3.05) is 31.1 Å². The highest BCUT2D eigenvalue weighted by Crippen LogP contribution is 2.27. The van der Waals surface area contributed by atoms with E-state index in [-0.39, 0.29) is 24.6 Å². The van der Waals surface area contributed by atoms with Gasteiger partial charge in [0, 0.05) is 50.4 Å². The summed E-state index contributed by atoms with van der Waals surface area (Å²) in [6.07, 6.45) is -1.24. The lowest BCUT2D eigenvalue weighted by Crippen LogP contribution is -2.49. The Morgan fingerprint density at radius 2 is 1.76 bits per heavy atom. The molecule has 8 nitrogen and oxygen atoms in total. The number of benzene rings is 1. The van der Waals surface area contributed by atoms with Crippen LogP contribution < -0.4 is 4.90 Å². The number of piperazine rings is 1. The second-order valence-electron chi connectivity index (χ2n) is 8.78. The number of hydrogen-bond donors (Lipinski definition) is 0. The topological polar surface area (TPSA) is 84.2 Å². The minimum atomic E-state index is -4.62. The fourth-order valence-electron chi connectivity index (χ4n) is 4.31. The summed E-state index contributed by atoms with van der Waals surface area (Å²) in [4.78, 5) is 37.2. The third-order valence-corrected chi connectivity index (χ3v) is 6.21. The molecule has 0 aliphatic carbocycles. The molecule has 4 aromatic rings. The molecular weight excluding hydrogens is 485 g/mol. The van der Waals surface area contributed by atoms with E-state index in [0.29, 0.717) is 37.3 Å². The van der Waals surface area contributed by atoms with E-state index >= 15 is 0 Å². The maximum atomic E-state index is 12.9. The number of pyridine rings is 2. The number of rotatable bonds is 6. The Bertz CT molecular complexity index is 1430. The number of carbonyl (C=O) groups is 2. The molecule has 0 unspecified atom stereocenters. The zero-order valence-electron chi connectivity index (χ0n) is 19.7. The van der Waals surface area contributed by atoms with E-state index in [2.05, 4.69) is 20.0 Å². The predicted molar refractivity (Wildman–Crippen MR) is 130 cm³/mol. The van der Waals surface area contributed by atoms with Crippen molar-refractivity contribution in [3.63, 3.8) is 0 Å². The van der Waals surface area contributed by atoms with Crippen LogP contribution in [0.1, 0.15) is 21.7 Å². The molecule has 190 valence electrons. The maximum absolute atomic E-state index is 12.9. The standard InChI is InChI=1S/C26H23F3N6O2/c27-26(28,29)23-5-3-4-21(31-23)22(36)15-18-7-8-20-19(14-18)16-35(32-20)17-25(37)34-12-10-33(11-13-34)24-6-1-2-9-30-24/h1-9,14,16H,10-13,15,17H2. The van der Waals surface area contributed by atoms with Crippen molar-refractivity contribution in [2.45, 2.75) is 19.1 Å². The zero-order valence-corrected chi connectivity index (χ0v) is 19.7.